The van der Waals surface area contributed by atoms with Crippen LogP contribution in [-0.2, 0) is 14.8 Å². The highest BCUT2D eigenvalue weighted by molar-refractivity contribution is 9.10. The van der Waals surface area contributed by atoms with E-state index in [4.69, 9.17) is 9.88 Å². The van der Waals surface area contributed by atoms with E-state index >= 15 is 0 Å². The largest absolute Gasteiger partial charge is 0.391 e. The zero-order valence-corrected chi connectivity index (χ0v) is 20.0. The van der Waals surface area contributed by atoms with E-state index in [2.05, 4.69) is 36.5 Å². The Labute approximate surface area is 185 Å². The molecule has 2 atom stereocenters. The fourth-order valence-corrected chi connectivity index (χ4v) is 4.44. The average Bonchev–Trinajstić information content (AvgIpc) is 2.62. The predicted octanol–water partition coefficient (Wildman–Crippen LogP) is 2.87. The van der Waals surface area contributed by atoms with Gasteiger partial charge >= 0.3 is 0 Å². The van der Waals surface area contributed by atoms with Crippen LogP contribution < -0.4 is 15.8 Å². The predicted molar refractivity (Wildman–Crippen MR) is 121 cm³/mol. The molecule has 30 heavy (non-hydrogen) atoms. The maximum atomic E-state index is 12.0. The lowest BCUT2D eigenvalue weighted by Crippen LogP contribution is -2.36. The second kappa shape index (κ2) is 10.0. The first-order valence-electron chi connectivity index (χ1n) is 9.34. The Morgan fingerprint density at radius 3 is 2.50 bits per heavy atom. The number of aromatic nitrogens is 2. The minimum Gasteiger partial charge on any atom is -0.391 e. The number of aryl methyl sites for hydroxylation is 1. The molecular formula is C19H28BrN5O4S. The smallest absolute Gasteiger partial charge is 0.238 e. The summed E-state index contributed by atoms with van der Waals surface area (Å²) >= 11 is 3.40. The lowest BCUT2D eigenvalue weighted by atomic mass is 10.00. The molecule has 1 aromatic carbocycles. The number of hydrogen-bond donors (Lipinski definition) is 4. The molecule has 0 saturated carbocycles. The molecule has 166 valence electrons. The number of nitrogens with two attached hydrogens (primary N) is 1. The van der Waals surface area contributed by atoms with Crippen LogP contribution in [-0.4, -0.2) is 49.4 Å². The molecule has 0 saturated heterocycles. The highest BCUT2D eigenvalue weighted by atomic mass is 79.9. The van der Waals surface area contributed by atoms with Crippen LogP contribution in [0.1, 0.15) is 37.8 Å². The van der Waals surface area contributed by atoms with Crippen molar-refractivity contribution >= 4 is 43.4 Å². The van der Waals surface area contributed by atoms with Gasteiger partial charge in [-0.1, -0.05) is 13.8 Å². The van der Waals surface area contributed by atoms with Crippen molar-refractivity contribution in [3.05, 3.63) is 33.9 Å². The summed E-state index contributed by atoms with van der Waals surface area (Å²) in [6.45, 7) is 7.45. The van der Waals surface area contributed by atoms with Gasteiger partial charge in [0.1, 0.15) is 5.82 Å². The van der Waals surface area contributed by atoms with Gasteiger partial charge in [-0.25, -0.2) is 18.5 Å². The maximum absolute atomic E-state index is 12.0. The number of methoxy groups -OCH3 is 1. The molecule has 0 spiro atoms. The lowest BCUT2D eigenvalue weighted by Gasteiger charge is -2.22. The Balaban J connectivity index is 2.39. The Morgan fingerprint density at radius 2 is 1.97 bits per heavy atom. The number of anilines is 3. The standard InChI is InChI=1S/C19H28BrN5O4S/c1-10(2)14-7-13(6-11(3)17(14)30(21,27)28)23-19-22-8-15(20)18(25-19)24-16(9-29-5)12(4)26/h6-8,10,12,16,26H,9H2,1-5H3,(H2,21,27,28)(H2,22,23,24,25)/t12-,16-/m1/s1. The number of sulfonamides is 1. The van der Waals surface area contributed by atoms with Gasteiger partial charge in [-0.05, 0) is 59.0 Å². The first-order valence-corrected chi connectivity index (χ1v) is 11.7. The first kappa shape index (κ1) is 24.5. The fourth-order valence-electron chi connectivity index (χ4n) is 3.01. The van der Waals surface area contributed by atoms with Crippen molar-refractivity contribution in [3.63, 3.8) is 0 Å². The molecule has 2 rings (SSSR count). The van der Waals surface area contributed by atoms with E-state index in [9.17, 15) is 13.5 Å². The third-order valence-electron chi connectivity index (χ3n) is 4.46. The number of nitrogens with one attached hydrogen (secondary N) is 2. The van der Waals surface area contributed by atoms with E-state index in [0.29, 0.717) is 39.7 Å². The second-order valence-corrected chi connectivity index (χ2v) is 9.73. The molecule has 5 N–H and O–H groups in total. The minimum atomic E-state index is -3.85. The van der Waals surface area contributed by atoms with Crippen molar-refractivity contribution < 1.29 is 18.3 Å². The van der Waals surface area contributed by atoms with Crippen molar-refractivity contribution in [2.45, 2.75) is 50.7 Å². The highest BCUT2D eigenvalue weighted by Crippen LogP contribution is 2.31. The molecule has 0 unspecified atom stereocenters. The quantitative estimate of drug-likeness (QED) is 0.411. The van der Waals surface area contributed by atoms with E-state index in [1.165, 1.54) is 0 Å². The van der Waals surface area contributed by atoms with Gasteiger partial charge < -0.3 is 20.5 Å². The summed E-state index contributed by atoms with van der Waals surface area (Å²) in [5.41, 5.74) is 1.79. The van der Waals surface area contributed by atoms with Crippen LogP contribution in [0, 0.1) is 6.92 Å². The van der Waals surface area contributed by atoms with E-state index in [-0.39, 0.29) is 16.9 Å². The number of aliphatic hydroxyl groups is 1. The van der Waals surface area contributed by atoms with Gasteiger partial charge in [-0.3, -0.25) is 0 Å². The topological polar surface area (TPSA) is 139 Å². The number of nitrogens with zero attached hydrogens (tertiary/aromatic N) is 2. The number of ether oxygens (including phenoxy) is 1. The number of hydrogen-bond acceptors (Lipinski definition) is 8. The molecule has 2 aromatic rings. The van der Waals surface area contributed by atoms with Crippen LogP contribution in [0.3, 0.4) is 0 Å². The molecule has 0 amide bonds. The summed E-state index contributed by atoms with van der Waals surface area (Å²) in [7, 11) is -2.29. The third-order valence-corrected chi connectivity index (χ3v) is 6.17. The van der Waals surface area contributed by atoms with E-state index in [0.717, 1.165) is 0 Å². The molecule has 0 aliphatic rings. The molecule has 0 aliphatic carbocycles. The zero-order valence-electron chi connectivity index (χ0n) is 17.6. The Morgan fingerprint density at radius 1 is 1.30 bits per heavy atom. The van der Waals surface area contributed by atoms with Crippen LogP contribution in [0.15, 0.2) is 27.7 Å². The number of halogens is 1. The minimum absolute atomic E-state index is 0.0531. The van der Waals surface area contributed by atoms with Crippen molar-refractivity contribution in [1.29, 1.82) is 0 Å². The molecule has 9 nitrogen and oxygen atoms in total. The fraction of sp³-hybridized carbons (Fsp3) is 0.474. The SMILES string of the molecule is COC[C@@H](Nc1nc(Nc2cc(C)c(S(N)(=O)=O)c(C(C)C)c2)ncc1Br)[C@@H](C)O. The molecule has 0 bridgehead atoms. The van der Waals surface area contributed by atoms with Crippen molar-refractivity contribution in [1.82, 2.24) is 9.97 Å². The van der Waals surface area contributed by atoms with Crippen LogP contribution in [0.2, 0.25) is 0 Å². The van der Waals surface area contributed by atoms with Crippen molar-refractivity contribution in [2.24, 2.45) is 5.14 Å². The van der Waals surface area contributed by atoms with Gasteiger partial charge in [0.05, 0.1) is 28.1 Å². The third kappa shape index (κ3) is 6.11. The number of benzene rings is 1. The van der Waals surface area contributed by atoms with E-state index in [1.807, 2.05) is 13.8 Å². The van der Waals surface area contributed by atoms with Gasteiger partial charge in [0, 0.05) is 19.0 Å². The van der Waals surface area contributed by atoms with Gasteiger partial charge in [-0.2, -0.15) is 4.98 Å². The summed E-state index contributed by atoms with van der Waals surface area (Å²) in [6, 6.07) is 3.06. The van der Waals surface area contributed by atoms with Crippen LogP contribution in [0.25, 0.3) is 0 Å². The number of rotatable bonds is 9. The molecule has 11 heteroatoms. The normalized spacial score (nSPS) is 13.9. The molecular weight excluding hydrogens is 474 g/mol. The summed E-state index contributed by atoms with van der Waals surface area (Å²) in [6.07, 6.45) is 0.920. The summed E-state index contributed by atoms with van der Waals surface area (Å²) in [5, 5.41) is 21.6. The van der Waals surface area contributed by atoms with Crippen LogP contribution >= 0.6 is 15.9 Å². The lowest BCUT2D eigenvalue weighted by molar-refractivity contribution is 0.106. The van der Waals surface area contributed by atoms with Gasteiger partial charge in [0.2, 0.25) is 16.0 Å². The van der Waals surface area contributed by atoms with E-state index in [1.54, 1.807) is 39.3 Å². The number of aliphatic hydroxyl groups excluding tert-OH is 1. The first-order chi connectivity index (χ1) is 13.9. The molecule has 1 aromatic heterocycles. The van der Waals surface area contributed by atoms with Crippen LogP contribution in [0.5, 0.6) is 0 Å². The van der Waals surface area contributed by atoms with Gasteiger partial charge in [0.15, 0.2) is 0 Å². The zero-order chi connectivity index (χ0) is 22.6. The Bertz CT molecular complexity index is 999. The van der Waals surface area contributed by atoms with Crippen molar-refractivity contribution in [2.75, 3.05) is 24.4 Å². The molecule has 0 radical (unpaired) electrons. The summed E-state index contributed by atoms with van der Waals surface area (Å²) in [4.78, 5) is 8.86. The van der Waals surface area contributed by atoms with Crippen LogP contribution in [0.4, 0.5) is 17.5 Å². The second-order valence-electron chi connectivity index (χ2n) is 7.37. The molecule has 0 aliphatic heterocycles. The van der Waals surface area contributed by atoms with Crippen molar-refractivity contribution in [3.8, 4) is 0 Å². The molecule has 1 heterocycles. The molecule has 0 fully saturated rings. The van der Waals surface area contributed by atoms with E-state index < -0.39 is 16.1 Å². The Hall–Kier alpha value is -1.79. The summed E-state index contributed by atoms with van der Waals surface area (Å²) in [5.74, 6) is 0.736. The number of primary sulfonamides is 1. The van der Waals surface area contributed by atoms with Gasteiger partial charge in [0.25, 0.3) is 0 Å². The Kier molecular flexibility index (Phi) is 8.17. The summed E-state index contributed by atoms with van der Waals surface area (Å²) < 4.78 is 29.8. The van der Waals surface area contributed by atoms with Gasteiger partial charge in [-0.15, -0.1) is 0 Å². The maximum Gasteiger partial charge on any atom is 0.238 e. The monoisotopic (exact) mass is 501 g/mol. The highest BCUT2D eigenvalue weighted by Gasteiger charge is 2.21. The average molecular weight is 502 g/mol.